The summed E-state index contributed by atoms with van der Waals surface area (Å²) in [5.74, 6) is 0.0335. The number of rotatable bonds is 2. The van der Waals surface area contributed by atoms with Crippen LogP contribution in [0.5, 0.6) is 0 Å². The molecule has 28 heavy (non-hydrogen) atoms. The lowest BCUT2D eigenvalue weighted by molar-refractivity contribution is 0.0766. The Morgan fingerprint density at radius 3 is 2.68 bits per heavy atom. The summed E-state index contributed by atoms with van der Waals surface area (Å²) in [6.45, 7) is 4.77. The van der Waals surface area contributed by atoms with E-state index in [4.69, 9.17) is 0 Å². The number of carbonyl (C=O) groups excluding carboxylic acids is 1. The molecule has 2 aromatic carbocycles. The number of hydrogen-bond acceptors (Lipinski definition) is 4. The molecule has 5 nitrogen and oxygen atoms in total. The van der Waals surface area contributed by atoms with Crippen molar-refractivity contribution in [1.29, 1.82) is 5.26 Å². The summed E-state index contributed by atoms with van der Waals surface area (Å²) in [5.41, 5.74) is 3.97. The van der Waals surface area contributed by atoms with E-state index >= 15 is 0 Å². The second-order valence-corrected chi connectivity index (χ2v) is 7.08. The van der Waals surface area contributed by atoms with Crippen LogP contribution in [0.15, 0.2) is 54.6 Å². The molecular formula is C23H22N4O. The lowest BCUT2D eigenvalue weighted by Crippen LogP contribution is -2.35. The average Bonchev–Trinajstić information content (AvgIpc) is 2.99. The van der Waals surface area contributed by atoms with Gasteiger partial charge in [-0.3, -0.25) is 9.78 Å². The lowest BCUT2D eigenvalue weighted by Gasteiger charge is -2.24. The number of carbonyl (C=O) groups is 1. The molecule has 1 saturated heterocycles. The van der Waals surface area contributed by atoms with Crippen molar-refractivity contribution in [3.05, 3.63) is 71.4 Å². The van der Waals surface area contributed by atoms with Gasteiger partial charge in [-0.15, -0.1) is 0 Å². The molecule has 4 rings (SSSR count). The molecule has 1 aliphatic heterocycles. The Kier molecular flexibility index (Phi) is 4.94. The number of nitriles is 1. The van der Waals surface area contributed by atoms with Crippen molar-refractivity contribution >= 4 is 22.5 Å². The first-order valence-corrected chi connectivity index (χ1v) is 9.57. The van der Waals surface area contributed by atoms with Gasteiger partial charge in [-0.2, -0.15) is 5.26 Å². The highest BCUT2D eigenvalue weighted by molar-refractivity contribution is 5.98. The number of nitrogens with zero attached hydrogens (tertiary/aromatic N) is 4. The van der Waals surface area contributed by atoms with Crippen molar-refractivity contribution in [2.24, 2.45) is 0 Å². The number of hydrogen-bond donors (Lipinski definition) is 0. The van der Waals surface area contributed by atoms with Gasteiger partial charge in [0.25, 0.3) is 5.91 Å². The number of amides is 1. The fourth-order valence-electron chi connectivity index (χ4n) is 3.80. The van der Waals surface area contributed by atoms with Crippen molar-refractivity contribution in [2.45, 2.75) is 13.3 Å². The first-order chi connectivity index (χ1) is 13.7. The fraction of sp³-hybridized carbons (Fsp3) is 0.261. The van der Waals surface area contributed by atoms with Gasteiger partial charge < -0.3 is 9.80 Å². The molecule has 0 bridgehead atoms. The highest BCUT2D eigenvalue weighted by atomic mass is 16.2. The molecule has 140 valence electrons. The molecular weight excluding hydrogens is 348 g/mol. The largest absolute Gasteiger partial charge is 0.369 e. The summed E-state index contributed by atoms with van der Waals surface area (Å²) < 4.78 is 0. The quantitative estimate of drug-likeness (QED) is 0.689. The van der Waals surface area contributed by atoms with Crippen LogP contribution in [-0.2, 0) is 0 Å². The Labute approximate surface area is 164 Å². The number of anilines is 1. The van der Waals surface area contributed by atoms with E-state index in [-0.39, 0.29) is 5.91 Å². The number of aryl methyl sites for hydroxylation is 1. The maximum Gasteiger partial charge on any atom is 0.255 e. The minimum absolute atomic E-state index is 0.0335. The molecule has 0 N–H and O–H groups in total. The van der Waals surface area contributed by atoms with E-state index in [1.54, 1.807) is 0 Å². The van der Waals surface area contributed by atoms with Gasteiger partial charge in [-0.05, 0) is 37.6 Å². The van der Waals surface area contributed by atoms with Gasteiger partial charge in [0.1, 0.15) is 6.07 Å². The third-order valence-electron chi connectivity index (χ3n) is 5.29. The Morgan fingerprint density at radius 1 is 1.04 bits per heavy atom. The Bertz CT molecular complexity index is 1070. The van der Waals surface area contributed by atoms with Crippen LogP contribution < -0.4 is 4.90 Å². The topological polar surface area (TPSA) is 60.2 Å². The first-order valence-electron chi connectivity index (χ1n) is 9.57. The number of aromatic nitrogens is 1. The SMILES string of the molecule is Cc1nc2ccccc2cc1C(=O)N1CCCN(c2ccccc2C#N)CC1. The molecule has 0 aliphatic carbocycles. The number of benzene rings is 2. The van der Waals surface area contributed by atoms with Crippen LogP contribution in [-0.4, -0.2) is 42.0 Å². The van der Waals surface area contributed by atoms with Gasteiger partial charge in [-0.25, -0.2) is 0 Å². The second-order valence-electron chi connectivity index (χ2n) is 7.08. The van der Waals surface area contributed by atoms with E-state index in [9.17, 15) is 10.1 Å². The van der Waals surface area contributed by atoms with Crippen molar-refractivity contribution < 1.29 is 4.79 Å². The maximum absolute atomic E-state index is 13.2. The highest BCUT2D eigenvalue weighted by Gasteiger charge is 2.23. The van der Waals surface area contributed by atoms with E-state index in [1.807, 2.05) is 66.4 Å². The average molecular weight is 370 g/mol. The minimum atomic E-state index is 0.0335. The lowest BCUT2D eigenvalue weighted by atomic mass is 10.1. The van der Waals surface area contributed by atoms with Crippen molar-refractivity contribution in [1.82, 2.24) is 9.88 Å². The Hall–Kier alpha value is -3.39. The van der Waals surface area contributed by atoms with Gasteiger partial charge in [-0.1, -0.05) is 30.3 Å². The maximum atomic E-state index is 13.2. The molecule has 1 aliphatic rings. The van der Waals surface area contributed by atoms with Gasteiger partial charge in [0.15, 0.2) is 0 Å². The van der Waals surface area contributed by atoms with Crippen molar-refractivity contribution in [3.63, 3.8) is 0 Å². The van der Waals surface area contributed by atoms with Crippen molar-refractivity contribution in [3.8, 4) is 6.07 Å². The normalized spacial score (nSPS) is 14.6. The summed E-state index contributed by atoms with van der Waals surface area (Å²) in [6.07, 6.45) is 0.867. The zero-order valence-electron chi connectivity index (χ0n) is 15.9. The van der Waals surface area contributed by atoms with Crippen molar-refractivity contribution in [2.75, 3.05) is 31.1 Å². The second kappa shape index (κ2) is 7.69. The Balaban J connectivity index is 1.55. The van der Waals surface area contributed by atoms with Gasteiger partial charge in [0.05, 0.1) is 28.0 Å². The molecule has 1 aromatic heterocycles. The van der Waals surface area contributed by atoms with E-state index in [1.165, 1.54) is 0 Å². The van der Waals surface area contributed by atoms with E-state index < -0.39 is 0 Å². The summed E-state index contributed by atoms with van der Waals surface area (Å²) in [4.78, 5) is 21.9. The third kappa shape index (κ3) is 3.41. The van der Waals surface area contributed by atoms with Crippen LogP contribution in [0, 0.1) is 18.3 Å². The molecule has 0 atom stereocenters. The third-order valence-corrected chi connectivity index (χ3v) is 5.29. The molecule has 1 fully saturated rings. The molecule has 1 amide bonds. The molecule has 0 radical (unpaired) electrons. The van der Waals surface area contributed by atoms with Crippen LogP contribution in [0.25, 0.3) is 10.9 Å². The van der Waals surface area contributed by atoms with Crippen LogP contribution in [0.3, 0.4) is 0 Å². The first kappa shape index (κ1) is 18.0. The predicted octanol–water partition coefficient (Wildman–Crippen LogP) is 3.77. The standard InChI is InChI=1S/C23H22N4O/c1-17-20(15-18-7-2-4-9-21(18)25-17)23(28)27-12-6-11-26(13-14-27)22-10-5-3-8-19(22)16-24/h2-5,7-10,15H,6,11-14H2,1H3. The van der Waals surface area contributed by atoms with Gasteiger partial charge >= 0.3 is 0 Å². The number of pyridine rings is 1. The fourth-order valence-corrected chi connectivity index (χ4v) is 3.80. The molecule has 5 heteroatoms. The smallest absolute Gasteiger partial charge is 0.255 e. The zero-order valence-corrected chi connectivity index (χ0v) is 15.9. The monoisotopic (exact) mass is 370 g/mol. The minimum Gasteiger partial charge on any atom is -0.369 e. The van der Waals surface area contributed by atoms with E-state index in [0.29, 0.717) is 30.8 Å². The highest BCUT2D eigenvalue weighted by Crippen LogP contribution is 2.23. The molecule has 2 heterocycles. The molecule has 3 aromatic rings. The van der Waals surface area contributed by atoms with Crippen LogP contribution in [0.4, 0.5) is 5.69 Å². The van der Waals surface area contributed by atoms with Gasteiger partial charge in [0, 0.05) is 31.6 Å². The molecule has 0 unspecified atom stereocenters. The molecule has 0 spiro atoms. The zero-order chi connectivity index (χ0) is 19.5. The van der Waals surface area contributed by atoms with E-state index in [0.717, 1.165) is 35.2 Å². The summed E-state index contributed by atoms with van der Waals surface area (Å²) >= 11 is 0. The number of fused-ring (bicyclic) bond motifs is 1. The predicted molar refractivity (Wildman–Crippen MR) is 110 cm³/mol. The van der Waals surface area contributed by atoms with E-state index in [2.05, 4.69) is 16.0 Å². The van der Waals surface area contributed by atoms with Crippen LogP contribution in [0.1, 0.15) is 28.0 Å². The Morgan fingerprint density at radius 2 is 1.82 bits per heavy atom. The summed E-state index contributed by atoms with van der Waals surface area (Å²) in [5, 5.41) is 10.4. The number of para-hydroxylation sites is 2. The summed E-state index contributed by atoms with van der Waals surface area (Å²) in [7, 11) is 0. The molecule has 0 saturated carbocycles. The van der Waals surface area contributed by atoms with Gasteiger partial charge in [0.2, 0.25) is 0 Å². The van der Waals surface area contributed by atoms with Crippen LogP contribution in [0.2, 0.25) is 0 Å². The summed E-state index contributed by atoms with van der Waals surface area (Å²) in [6, 6.07) is 19.7. The van der Waals surface area contributed by atoms with Crippen LogP contribution >= 0.6 is 0 Å².